The fourth-order valence-corrected chi connectivity index (χ4v) is 4.39. The second-order valence-corrected chi connectivity index (χ2v) is 8.83. The van der Waals surface area contributed by atoms with Gasteiger partial charge in [0.1, 0.15) is 0 Å². The highest BCUT2D eigenvalue weighted by atomic mass is 15.0. The van der Waals surface area contributed by atoms with Crippen molar-refractivity contribution in [2.24, 2.45) is 21.8 Å². The molecule has 2 heteroatoms. The van der Waals surface area contributed by atoms with E-state index in [4.69, 9.17) is 0 Å². The van der Waals surface area contributed by atoms with Gasteiger partial charge in [-0.05, 0) is 31.2 Å². The number of benzene rings is 1. The smallest absolute Gasteiger partial charge is 0.0965 e. The molecule has 2 unspecified atom stereocenters. The maximum atomic E-state index is 4.48. The summed E-state index contributed by atoms with van der Waals surface area (Å²) in [5.41, 5.74) is 1.44. The highest BCUT2D eigenvalue weighted by molar-refractivity contribution is 6.18. The zero-order valence-corrected chi connectivity index (χ0v) is 19.0. The van der Waals surface area contributed by atoms with Gasteiger partial charge in [0.25, 0.3) is 0 Å². The van der Waals surface area contributed by atoms with E-state index in [1.165, 1.54) is 89.0 Å². The van der Waals surface area contributed by atoms with Crippen LogP contribution >= 0.6 is 0 Å². The van der Waals surface area contributed by atoms with E-state index in [-0.39, 0.29) is 0 Å². The molecule has 0 fully saturated rings. The highest BCUT2D eigenvalue weighted by Gasteiger charge is 2.31. The summed E-state index contributed by atoms with van der Waals surface area (Å²) in [5.74, 6) is 1.06. The van der Waals surface area contributed by atoms with Gasteiger partial charge in [-0.15, -0.1) is 0 Å². The highest BCUT2D eigenvalue weighted by Crippen LogP contribution is 2.32. The van der Waals surface area contributed by atoms with Gasteiger partial charge in [-0.2, -0.15) is 0 Å². The van der Waals surface area contributed by atoms with E-state index in [0.717, 1.165) is 12.6 Å². The third-order valence-electron chi connectivity index (χ3n) is 6.36. The van der Waals surface area contributed by atoms with E-state index in [1.54, 1.807) is 0 Å². The molecule has 1 aliphatic rings. The Labute approximate surface area is 180 Å². The third kappa shape index (κ3) is 10.1. The topological polar surface area (TPSA) is 24.7 Å². The van der Waals surface area contributed by atoms with Gasteiger partial charge in [-0.1, -0.05) is 124 Å². The minimum atomic E-state index is 0.429. The minimum absolute atomic E-state index is 0.429. The van der Waals surface area contributed by atoms with Crippen molar-refractivity contribution in [3.8, 4) is 0 Å². The van der Waals surface area contributed by atoms with Gasteiger partial charge in [-0.25, -0.2) is 0 Å². The first-order valence-corrected chi connectivity index (χ1v) is 12.3. The Bertz CT molecular complexity index is 551. The van der Waals surface area contributed by atoms with Crippen molar-refractivity contribution >= 4 is 12.4 Å². The average Bonchev–Trinajstić information content (AvgIpc) is 3.29. The first-order valence-electron chi connectivity index (χ1n) is 12.3. The van der Waals surface area contributed by atoms with E-state index in [9.17, 15) is 0 Å². The lowest BCUT2D eigenvalue weighted by Gasteiger charge is -2.22. The Morgan fingerprint density at radius 3 is 1.79 bits per heavy atom. The molecule has 0 aliphatic carbocycles. The molecule has 1 aliphatic heterocycles. The zero-order valence-electron chi connectivity index (χ0n) is 19.0. The van der Waals surface area contributed by atoms with Crippen LogP contribution in [0.1, 0.15) is 103 Å². The number of hydrogen-bond acceptors (Lipinski definition) is 2. The quantitative estimate of drug-likeness (QED) is 0.187. The SMILES string of the molecule is CCCCCCCCCCCCCCC(Cc1ccccc1)C(C)[C+]1N=CC=N1. The first kappa shape index (κ1) is 23.7. The summed E-state index contributed by atoms with van der Waals surface area (Å²) in [7, 11) is 0. The van der Waals surface area contributed by atoms with Crippen LogP contribution in [0.4, 0.5) is 0 Å². The molecule has 0 spiro atoms. The number of aliphatic imine (C=N–C) groups is 2. The Morgan fingerprint density at radius 2 is 1.24 bits per heavy atom. The Hall–Kier alpha value is -1.57. The molecule has 1 aromatic rings. The van der Waals surface area contributed by atoms with Gasteiger partial charge in [0.2, 0.25) is 6.17 Å². The lowest BCUT2D eigenvalue weighted by molar-refractivity contribution is 0.328. The standard InChI is InChI=1S/C27H43N2/c1-3-4-5-6-7-8-9-10-11-12-13-17-20-26(23-25-18-15-14-16-19-25)24(2)27-28-21-22-29-27/h14-16,18-19,21-22,24,26H,3-13,17,20,23H2,1-2H3/q+1. The van der Waals surface area contributed by atoms with Crippen LogP contribution in [0.3, 0.4) is 0 Å². The van der Waals surface area contributed by atoms with Crippen LogP contribution in [-0.4, -0.2) is 12.4 Å². The van der Waals surface area contributed by atoms with Crippen molar-refractivity contribution < 1.29 is 0 Å². The molecular formula is C27H43N2+. The molecule has 2 rings (SSSR count). The molecule has 0 N–H and O–H groups in total. The van der Waals surface area contributed by atoms with E-state index in [1.807, 2.05) is 12.4 Å². The molecule has 0 amide bonds. The summed E-state index contributed by atoms with van der Waals surface area (Å²) in [5, 5.41) is 0. The van der Waals surface area contributed by atoms with Gasteiger partial charge in [0.15, 0.2) is 12.4 Å². The maximum absolute atomic E-state index is 4.48. The van der Waals surface area contributed by atoms with Gasteiger partial charge < -0.3 is 0 Å². The van der Waals surface area contributed by atoms with Gasteiger partial charge >= 0.3 is 0 Å². The van der Waals surface area contributed by atoms with Gasteiger partial charge in [0.05, 0.1) is 5.92 Å². The number of nitrogens with zero attached hydrogens (tertiary/aromatic N) is 2. The Balaban J connectivity index is 1.60. The number of hydrogen-bond donors (Lipinski definition) is 0. The van der Waals surface area contributed by atoms with Crippen molar-refractivity contribution in [1.82, 2.24) is 0 Å². The molecule has 0 saturated carbocycles. The molecule has 29 heavy (non-hydrogen) atoms. The van der Waals surface area contributed by atoms with Crippen LogP contribution in [0.25, 0.3) is 0 Å². The van der Waals surface area contributed by atoms with E-state index < -0.39 is 0 Å². The monoisotopic (exact) mass is 395 g/mol. The van der Waals surface area contributed by atoms with Gasteiger partial charge in [-0.3, -0.25) is 0 Å². The van der Waals surface area contributed by atoms with Crippen LogP contribution in [0.2, 0.25) is 0 Å². The minimum Gasteiger partial charge on any atom is -0.0965 e. The second-order valence-electron chi connectivity index (χ2n) is 8.83. The lowest BCUT2D eigenvalue weighted by Crippen LogP contribution is -2.19. The average molecular weight is 396 g/mol. The number of rotatable bonds is 17. The van der Waals surface area contributed by atoms with Crippen molar-refractivity contribution in [2.75, 3.05) is 0 Å². The Kier molecular flexibility index (Phi) is 12.5. The fourth-order valence-electron chi connectivity index (χ4n) is 4.39. The maximum Gasteiger partial charge on any atom is 0.243 e. The van der Waals surface area contributed by atoms with Gasteiger partial charge in [0, 0.05) is 0 Å². The summed E-state index contributed by atoms with van der Waals surface area (Å²) in [6.45, 7) is 4.60. The number of unbranched alkanes of at least 4 members (excludes halogenated alkanes) is 11. The summed E-state index contributed by atoms with van der Waals surface area (Å²) in [4.78, 5) is 8.95. The van der Waals surface area contributed by atoms with Crippen LogP contribution in [-0.2, 0) is 6.42 Å². The molecule has 1 aromatic carbocycles. The lowest BCUT2D eigenvalue weighted by atomic mass is 9.82. The van der Waals surface area contributed by atoms with E-state index in [0.29, 0.717) is 11.8 Å². The molecule has 2 atom stereocenters. The third-order valence-corrected chi connectivity index (χ3v) is 6.36. The molecule has 160 valence electrons. The fraction of sp³-hybridized carbons (Fsp3) is 0.667. The summed E-state index contributed by atoms with van der Waals surface area (Å²) >= 11 is 0. The van der Waals surface area contributed by atoms with Crippen molar-refractivity contribution in [1.29, 1.82) is 0 Å². The predicted molar refractivity (Wildman–Crippen MR) is 129 cm³/mol. The zero-order chi connectivity index (χ0) is 20.6. The van der Waals surface area contributed by atoms with E-state index in [2.05, 4.69) is 54.2 Å². The summed E-state index contributed by atoms with van der Waals surface area (Å²) in [6.07, 6.45) is 24.0. The Morgan fingerprint density at radius 1 is 0.724 bits per heavy atom. The molecule has 1 heterocycles. The predicted octanol–water partition coefficient (Wildman–Crippen LogP) is 8.22. The van der Waals surface area contributed by atoms with Crippen molar-refractivity contribution in [3.63, 3.8) is 0 Å². The first-order chi connectivity index (χ1) is 14.3. The van der Waals surface area contributed by atoms with Crippen LogP contribution in [0, 0.1) is 18.0 Å². The molecule has 0 saturated heterocycles. The molecular weight excluding hydrogens is 352 g/mol. The van der Waals surface area contributed by atoms with E-state index >= 15 is 0 Å². The molecule has 0 radical (unpaired) electrons. The van der Waals surface area contributed by atoms with Crippen LogP contribution in [0.5, 0.6) is 0 Å². The molecule has 2 nitrogen and oxygen atoms in total. The normalized spacial score (nSPS) is 15.2. The van der Waals surface area contributed by atoms with Crippen molar-refractivity contribution in [2.45, 2.75) is 104 Å². The summed E-state index contributed by atoms with van der Waals surface area (Å²) < 4.78 is 0. The van der Waals surface area contributed by atoms with Crippen molar-refractivity contribution in [3.05, 3.63) is 42.1 Å². The molecule has 0 bridgehead atoms. The molecule has 0 aromatic heterocycles. The largest absolute Gasteiger partial charge is 0.243 e. The second kappa shape index (κ2) is 15.3. The van der Waals surface area contributed by atoms with Crippen LogP contribution in [0.15, 0.2) is 40.3 Å². The van der Waals surface area contributed by atoms with Crippen LogP contribution < -0.4 is 0 Å². The summed E-state index contributed by atoms with van der Waals surface area (Å²) in [6, 6.07) is 10.9.